The maximum atomic E-state index is 2.50. The fraction of sp³-hybridized carbons (Fsp3) is 0.0159. The van der Waals surface area contributed by atoms with Crippen molar-refractivity contribution in [2.75, 3.05) is 4.90 Å². The molecule has 0 unspecified atom stereocenters. The Bertz CT molecular complexity index is 3530. The zero-order chi connectivity index (χ0) is 42.2. The highest BCUT2D eigenvalue weighted by Crippen LogP contribution is 2.63. The van der Waals surface area contributed by atoms with E-state index in [9.17, 15) is 0 Å². The van der Waals surface area contributed by atoms with E-state index in [0.717, 1.165) is 17.1 Å². The Kier molecular flexibility index (Phi) is 8.20. The predicted molar refractivity (Wildman–Crippen MR) is 269 cm³/mol. The van der Waals surface area contributed by atoms with Crippen LogP contribution in [0.5, 0.6) is 0 Å². The Morgan fingerprint density at radius 3 is 1.34 bits per heavy atom. The van der Waals surface area contributed by atoms with Gasteiger partial charge in [0.25, 0.3) is 0 Å². The first-order valence-corrected chi connectivity index (χ1v) is 22.3. The minimum atomic E-state index is -0.397. The van der Waals surface area contributed by atoms with Gasteiger partial charge in [-0.05, 0) is 130 Å². The summed E-state index contributed by atoms with van der Waals surface area (Å²) in [4.78, 5) is 2.43. The van der Waals surface area contributed by atoms with E-state index in [1.54, 1.807) is 0 Å². The molecule has 0 atom stereocenters. The zero-order valence-electron chi connectivity index (χ0n) is 35.1. The molecule has 1 spiro atoms. The van der Waals surface area contributed by atoms with E-state index in [0.29, 0.717) is 0 Å². The summed E-state index contributed by atoms with van der Waals surface area (Å²) in [5.74, 6) is 0. The van der Waals surface area contributed by atoms with E-state index in [1.807, 2.05) is 0 Å². The van der Waals surface area contributed by atoms with Gasteiger partial charge in [-0.2, -0.15) is 0 Å². The minimum Gasteiger partial charge on any atom is -0.310 e. The van der Waals surface area contributed by atoms with Gasteiger partial charge in [-0.15, -0.1) is 0 Å². The smallest absolute Gasteiger partial charge is 0.0725 e. The molecule has 0 radical (unpaired) electrons. The Morgan fingerprint density at radius 1 is 0.250 bits per heavy atom. The summed E-state index contributed by atoms with van der Waals surface area (Å²) in [5.41, 5.74) is 20.9. The molecule has 0 aliphatic heterocycles. The number of benzene rings is 11. The van der Waals surface area contributed by atoms with Crippen LogP contribution in [0.2, 0.25) is 0 Å². The second-order valence-corrected chi connectivity index (χ2v) is 17.1. The number of hydrogen-bond acceptors (Lipinski definition) is 1. The normalized spacial score (nSPS) is 12.8. The van der Waals surface area contributed by atoms with Gasteiger partial charge >= 0.3 is 0 Å². The first-order chi connectivity index (χ1) is 31.8. The SMILES string of the molecule is c1ccc(-c2ccc(N(c3ccc(-c4cccc5ccccc45)cc3)c3ccc(-c4ccc5c(c4)C4(c6ccccc6-c6ccccc64)c4ccccc4-5)c4ccccc34)cc2)cc1. The summed E-state index contributed by atoms with van der Waals surface area (Å²) in [6.45, 7) is 0. The number of hydrogen-bond donors (Lipinski definition) is 0. The van der Waals surface area contributed by atoms with Crippen molar-refractivity contribution in [2.24, 2.45) is 0 Å². The highest BCUT2D eigenvalue weighted by atomic mass is 15.1. The molecule has 0 saturated heterocycles. The van der Waals surface area contributed by atoms with Gasteiger partial charge in [0.05, 0.1) is 11.1 Å². The average molecular weight is 812 g/mol. The van der Waals surface area contributed by atoms with Crippen LogP contribution in [0.4, 0.5) is 17.1 Å². The third kappa shape index (κ3) is 5.38. The third-order valence-electron chi connectivity index (χ3n) is 13.9. The van der Waals surface area contributed by atoms with Gasteiger partial charge in [-0.25, -0.2) is 0 Å². The van der Waals surface area contributed by atoms with E-state index < -0.39 is 5.41 Å². The van der Waals surface area contributed by atoms with Crippen LogP contribution >= 0.6 is 0 Å². The second kappa shape index (κ2) is 14.4. The molecule has 0 fully saturated rings. The summed E-state index contributed by atoms with van der Waals surface area (Å²) < 4.78 is 0. The van der Waals surface area contributed by atoms with Gasteiger partial charge in [0.2, 0.25) is 0 Å². The van der Waals surface area contributed by atoms with Crippen LogP contribution in [0.3, 0.4) is 0 Å². The van der Waals surface area contributed by atoms with Gasteiger partial charge in [-0.1, -0.05) is 212 Å². The number of anilines is 3. The molecule has 11 aromatic rings. The third-order valence-corrected chi connectivity index (χ3v) is 13.9. The van der Waals surface area contributed by atoms with Crippen LogP contribution in [0.25, 0.3) is 77.2 Å². The number of rotatable bonds is 6. The summed E-state index contributed by atoms with van der Waals surface area (Å²) in [6, 6.07) is 92.0. The molecule has 0 saturated carbocycles. The van der Waals surface area contributed by atoms with E-state index in [-0.39, 0.29) is 0 Å². The molecule has 0 heterocycles. The quantitative estimate of drug-likeness (QED) is 0.162. The lowest BCUT2D eigenvalue weighted by Crippen LogP contribution is -2.25. The number of fused-ring (bicyclic) bond motifs is 12. The van der Waals surface area contributed by atoms with Crippen molar-refractivity contribution in [2.45, 2.75) is 5.41 Å². The molecule has 1 heteroatoms. The molecular formula is C63H41N. The molecule has 64 heavy (non-hydrogen) atoms. The van der Waals surface area contributed by atoms with Gasteiger partial charge in [0.1, 0.15) is 0 Å². The van der Waals surface area contributed by atoms with Crippen LogP contribution in [-0.4, -0.2) is 0 Å². The van der Waals surface area contributed by atoms with Gasteiger partial charge in [-0.3, -0.25) is 0 Å². The van der Waals surface area contributed by atoms with Gasteiger partial charge < -0.3 is 4.90 Å². The molecule has 0 bridgehead atoms. The van der Waals surface area contributed by atoms with Crippen molar-refractivity contribution >= 4 is 38.6 Å². The monoisotopic (exact) mass is 811 g/mol. The first kappa shape index (κ1) is 36.4. The van der Waals surface area contributed by atoms with Crippen LogP contribution in [0.1, 0.15) is 22.3 Å². The van der Waals surface area contributed by atoms with Crippen molar-refractivity contribution in [3.05, 3.63) is 271 Å². The minimum absolute atomic E-state index is 0.397. The summed E-state index contributed by atoms with van der Waals surface area (Å²) in [7, 11) is 0. The lowest BCUT2D eigenvalue weighted by Gasteiger charge is -2.31. The van der Waals surface area contributed by atoms with Crippen LogP contribution < -0.4 is 4.90 Å². The highest BCUT2D eigenvalue weighted by molar-refractivity contribution is 6.07. The lowest BCUT2D eigenvalue weighted by atomic mass is 9.70. The molecule has 0 amide bonds. The Balaban J connectivity index is 0.979. The van der Waals surface area contributed by atoms with E-state index >= 15 is 0 Å². The van der Waals surface area contributed by atoms with Crippen LogP contribution in [-0.2, 0) is 5.41 Å². The van der Waals surface area contributed by atoms with Gasteiger partial charge in [0, 0.05) is 16.8 Å². The topological polar surface area (TPSA) is 3.24 Å². The van der Waals surface area contributed by atoms with E-state index in [4.69, 9.17) is 0 Å². The Hall–Kier alpha value is -8.26. The summed E-state index contributed by atoms with van der Waals surface area (Å²) in [6.07, 6.45) is 0. The molecular weight excluding hydrogens is 771 g/mol. The average Bonchev–Trinajstić information content (AvgIpc) is 3.84. The Morgan fingerprint density at radius 2 is 0.688 bits per heavy atom. The molecule has 13 rings (SSSR count). The van der Waals surface area contributed by atoms with Crippen molar-refractivity contribution in [1.82, 2.24) is 0 Å². The zero-order valence-corrected chi connectivity index (χ0v) is 35.1. The molecule has 11 aromatic carbocycles. The fourth-order valence-corrected chi connectivity index (χ4v) is 11.1. The largest absolute Gasteiger partial charge is 0.310 e. The highest BCUT2D eigenvalue weighted by Gasteiger charge is 2.51. The molecule has 298 valence electrons. The predicted octanol–water partition coefficient (Wildman–Crippen LogP) is 16.8. The van der Waals surface area contributed by atoms with Crippen molar-refractivity contribution in [3.63, 3.8) is 0 Å². The van der Waals surface area contributed by atoms with Crippen LogP contribution in [0.15, 0.2) is 249 Å². The molecule has 1 nitrogen and oxygen atoms in total. The second-order valence-electron chi connectivity index (χ2n) is 17.1. The molecule has 0 aromatic heterocycles. The lowest BCUT2D eigenvalue weighted by molar-refractivity contribution is 0.794. The van der Waals surface area contributed by atoms with Crippen molar-refractivity contribution in [1.29, 1.82) is 0 Å². The Labute approximate surface area is 373 Å². The maximum absolute atomic E-state index is 2.50. The maximum Gasteiger partial charge on any atom is 0.0725 e. The molecule has 2 aliphatic carbocycles. The van der Waals surface area contributed by atoms with E-state index in [1.165, 1.54) is 99.4 Å². The molecule has 0 N–H and O–H groups in total. The summed E-state index contributed by atoms with van der Waals surface area (Å²) >= 11 is 0. The standard InChI is InChI=1S/C63H41N/c1-2-15-42(16-3-1)43-29-34-47(35-30-43)64(48-36-31-45(32-37-48)50-25-14-18-44-17-4-5-19-49(44)50)62-40-39-51(52-20-6-7-24-57(52)62)46-33-38-56-55-23-10-13-28-60(55)63(61(56)41-46)58-26-11-8-21-53(58)54-22-9-12-27-59(54)63/h1-41H. The van der Waals surface area contributed by atoms with Crippen molar-refractivity contribution in [3.8, 4) is 55.6 Å². The first-order valence-electron chi connectivity index (χ1n) is 22.3. The fourth-order valence-electron chi connectivity index (χ4n) is 11.1. The molecule has 2 aliphatic rings. The van der Waals surface area contributed by atoms with Crippen molar-refractivity contribution < 1.29 is 0 Å². The number of nitrogens with zero attached hydrogens (tertiary/aromatic N) is 1. The van der Waals surface area contributed by atoms with Gasteiger partial charge in [0.15, 0.2) is 0 Å². The van der Waals surface area contributed by atoms with Crippen LogP contribution in [0, 0.1) is 0 Å². The summed E-state index contributed by atoms with van der Waals surface area (Å²) in [5, 5.41) is 4.92. The van der Waals surface area contributed by atoms with E-state index in [2.05, 4.69) is 254 Å².